The summed E-state index contributed by atoms with van der Waals surface area (Å²) in [5.41, 5.74) is 2.12. The molecule has 17 heavy (non-hydrogen) atoms. The lowest BCUT2D eigenvalue weighted by atomic mass is 10.0. The van der Waals surface area contributed by atoms with E-state index < -0.39 is 6.10 Å². The van der Waals surface area contributed by atoms with E-state index in [-0.39, 0.29) is 6.61 Å². The van der Waals surface area contributed by atoms with Crippen molar-refractivity contribution >= 4 is 27.5 Å². The van der Waals surface area contributed by atoms with Crippen LogP contribution in [0.25, 0.3) is 0 Å². The number of aryl methyl sites for hydroxylation is 1. The number of rotatable bonds is 6. The first-order chi connectivity index (χ1) is 8.04. The predicted molar refractivity (Wildman–Crippen MR) is 73.6 cm³/mol. The number of hydrogen-bond acceptors (Lipinski definition) is 3. The Morgan fingerprint density at radius 2 is 2.18 bits per heavy atom. The zero-order valence-electron chi connectivity index (χ0n) is 9.71. The molecule has 1 aromatic carbocycles. The number of hydrogen-bond donors (Lipinski definition) is 3. The van der Waals surface area contributed by atoms with Gasteiger partial charge in [-0.1, -0.05) is 27.5 Å². The van der Waals surface area contributed by atoms with Crippen LogP contribution >= 0.6 is 27.5 Å². The Bertz CT molecular complexity index is 351. The van der Waals surface area contributed by atoms with Gasteiger partial charge in [0.15, 0.2) is 0 Å². The van der Waals surface area contributed by atoms with E-state index >= 15 is 0 Å². The van der Waals surface area contributed by atoms with Gasteiger partial charge in [-0.2, -0.15) is 0 Å². The van der Waals surface area contributed by atoms with Crippen LogP contribution in [0.15, 0.2) is 16.6 Å². The minimum absolute atomic E-state index is 0.0797. The summed E-state index contributed by atoms with van der Waals surface area (Å²) in [6, 6.07) is 3.72. The van der Waals surface area contributed by atoms with Gasteiger partial charge >= 0.3 is 0 Å². The topological polar surface area (TPSA) is 52.5 Å². The van der Waals surface area contributed by atoms with Crippen molar-refractivity contribution < 1.29 is 10.2 Å². The lowest BCUT2D eigenvalue weighted by molar-refractivity contribution is 0.168. The van der Waals surface area contributed by atoms with Gasteiger partial charge in [-0.3, -0.25) is 0 Å². The number of halogens is 2. The molecule has 0 radical (unpaired) electrons. The molecule has 1 aromatic rings. The summed E-state index contributed by atoms with van der Waals surface area (Å²) in [5, 5.41) is 22.1. The van der Waals surface area contributed by atoms with Crippen LogP contribution in [0.4, 0.5) is 0 Å². The van der Waals surface area contributed by atoms with Crippen LogP contribution < -0.4 is 5.32 Å². The fourth-order valence-corrected chi connectivity index (χ4v) is 2.77. The smallest absolute Gasteiger partial charge is 0.0705 e. The third-order valence-electron chi connectivity index (χ3n) is 2.49. The van der Waals surface area contributed by atoms with E-state index in [1.165, 1.54) is 0 Å². The van der Waals surface area contributed by atoms with Gasteiger partial charge in [0.25, 0.3) is 0 Å². The van der Waals surface area contributed by atoms with Crippen molar-refractivity contribution in [3.8, 4) is 0 Å². The van der Waals surface area contributed by atoms with Crippen LogP contribution in [0.5, 0.6) is 0 Å². The molecule has 0 aliphatic rings. The SMILES string of the molecule is Cc1cc(Cl)cc(Br)c1CC(O)CNCCO. The average molecular weight is 323 g/mol. The molecule has 3 N–H and O–H groups in total. The molecule has 1 rings (SSSR count). The third kappa shape index (κ3) is 4.94. The minimum atomic E-state index is -0.474. The molecular weight excluding hydrogens is 305 g/mol. The van der Waals surface area contributed by atoms with Gasteiger partial charge in [-0.25, -0.2) is 0 Å². The van der Waals surface area contributed by atoms with E-state index in [2.05, 4.69) is 21.2 Å². The van der Waals surface area contributed by atoms with Crippen LogP contribution in [0, 0.1) is 6.92 Å². The van der Waals surface area contributed by atoms with E-state index in [0.29, 0.717) is 24.5 Å². The summed E-state index contributed by atoms with van der Waals surface area (Å²) in [4.78, 5) is 0. The molecule has 0 amide bonds. The highest BCUT2D eigenvalue weighted by Gasteiger charge is 2.11. The van der Waals surface area contributed by atoms with Crippen LogP contribution in [0.3, 0.4) is 0 Å². The molecule has 0 saturated heterocycles. The summed E-state index contributed by atoms with van der Waals surface area (Å²) < 4.78 is 0.920. The largest absolute Gasteiger partial charge is 0.395 e. The Labute approximate surface area is 115 Å². The van der Waals surface area contributed by atoms with Gasteiger partial charge in [0.1, 0.15) is 0 Å². The highest BCUT2D eigenvalue weighted by atomic mass is 79.9. The van der Waals surface area contributed by atoms with Gasteiger partial charge in [-0.15, -0.1) is 0 Å². The van der Waals surface area contributed by atoms with Gasteiger partial charge in [-0.05, 0) is 30.2 Å². The van der Waals surface area contributed by atoms with Gasteiger partial charge in [0.05, 0.1) is 12.7 Å². The summed E-state index contributed by atoms with van der Waals surface area (Å²) in [7, 11) is 0. The van der Waals surface area contributed by atoms with Crippen molar-refractivity contribution in [1.29, 1.82) is 0 Å². The summed E-state index contributed by atoms with van der Waals surface area (Å²) >= 11 is 9.38. The summed E-state index contributed by atoms with van der Waals surface area (Å²) in [6.07, 6.45) is 0.0832. The molecule has 0 heterocycles. The Hall–Kier alpha value is -0.130. The average Bonchev–Trinajstić information content (AvgIpc) is 2.24. The zero-order valence-corrected chi connectivity index (χ0v) is 12.1. The number of benzene rings is 1. The summed E-state index contributed by atoms with van der Waals surface area (Å²) in [6.45, 7) is 3.02. The van der Waals surface area contributed by atoms with Crippen LogP contribution in [-0.4, -0.2) is 36.0 Å². The lowest BCUT2D eigenvalue weighted by Gasteiger charge is -2.15. The Balaban J connectivity index is 2.61. The van der Waals surface area contributed by atoms with E-state index in [4.69, 9.17) is 16.7 Å². The normalized spacial score (nSPS) is 12.8. The fraction of sp³-hybridized carbons (Fsp3) is 0.500. The molecule has 3 nitrogen and oxygen atoms in total. The van der Waals surface area contributed by atoms with E-state index in [9.17, 15) is 5.11 Å². The van der Waals surface area contributed by atoms with E-state index in [1.807, 2.05) is 19.1 Å². The standard InChI is InChI=1S/C12H17BrClNO2/c1-8-4-9(14)5-12(13)11(8)6-10(17)7-15-2-3-16/h4-5,10,15-17H,2-3,6-7H2,1H3. The van der Waals surface area contributed by atoms with E-state index in [0.717, 1.165) is 15.6 Å². The highest BCUT2D eigenvalue weighted by molar-refractivity contribution is 9.10. The third-order valence-corrected chi connectivity index (χ3v) is 3.42. The molecule has 1 unspecified atom stereocenters. The number of nitrogens with one attached hydrogen (secondary N) is 1. The summed E-state index contributed by atoms with van der Waals surface area (Å²) in [5.74, 6) is 0. The van der Waals surface area contributed by atoms with Gasteiger partial charge in [0.2, 0.25) is 0 Å². The quantitative estimate of drug-likeness (QED) is 0.701. The maximum atomic E-state index is 9.85. The maximum Gasteiger partial charge on any atom is 0.0705 e. The molecule has 0 aromatic heterocycles. The highest BCUT2D eigenvalue weighted by Crippen LogP contribution is 2.26. The second-order valence-electron chi connectivity index (χ2n) is 3.97. The molecule has 96 valence electrons. The molecule has 5 heteroatoms. The molecule has 0 saturated carbocycles. The van der Waals surface area contributed by atoms with Crippen LogP contribution in [-0.2, 0) is 6.42 Å². The second-order valence-corrected chi connectivity index (χ2v) is 5.26. The van der Waals surface area contributed by atoms with Crippen molar-refractivity contribution in [2.24, 2.45) is 0 Å². The van der Waals surface area contributed by atoms with E-state index in [1.54, 1.807) is 0 Å². The van der Waals surface area contributed by atoms with Crippen LogP contribution in [0.2, 0.25) is 5.02 Å². The first-order valence-corrected chi connectivity index (χ1v) is 6.66. The molecule has 0 spiro atoms. The maximum absolute atomic E-state index is 9.85. The van der Waals surface area contributed by atoms with Crippen molar-refractivity contribution in [1.82, 2.24) is 5.32 Å². The fourth-order valence-electron chi connectivity index (χ4n) is 1.65. The Kier molecular flexibility index (Phi) is 6.44. The van der Waals surface area contributed by atoms with Crippen molar-refractivity contribution in [3.63, 3.8) is 0 Å². The molecule has 1 atom stereocenters. The zero-order chi connectivity index (χ0) is 12.8. The van der Waals surface area contributed by atoms with Crippen LogP contribution in [0.1, 0.15) is 11.1 Å². The van der Waals surface area contributed by atoms with Gasteiger partial charge < -0.3 is 15.5 Å². The first kappa shape index (κ1) is 14.9. The molecule has 0 aliphatic carbocycles. The van der Waals surface area contributed by atoms with Crippen molar-refractivity contribution in [2.75, 3.05) is 19.7 Å². The number of aliphatic hydroxyl groups is 2. The Morgan fingerprint density at radius 1 is 1.47 bits per heavy atom. The molecule has 0 fully saturated rings. The Morgan fingerprint density at radius 3 is 2.76 bits per heavy atom. The van der Waals surface area contributed by atoms with Crippen molar-refractivity contribution in [2.45, 2.75) is 19.4 Å². The predicted octanol–water partition coefficient (Wildman–Crippen LogP) is 1.90. The lowest BCUT2D eigenvalue weighted by Crippen LogP contribution is -2.30. The van der Waals surface area contributed by atoms with Gasteiger partial charge in [0, 0.05) is 29.0 Å². The van der Waals surface area contributed by atoms with Crippen molar-refractivity contribution in [3.05, 3.63) is 32.8 Å². The number of aliphatic hydroxyl groups excluding tert-OH is 2. The first-order valence-electron chi connectivity index (χ1n) is 5.48. The monoisotopic (exact) mass is 321 g/mol. The molecular formula is C12H17BrClNO2. The second kappa shape index (κ2) is 7.34. The molecule has 0 aliphatic heterocycles. The molecule has 0 bridgehead atoms. The minimum Gasteiger partial charge on any atom is -0.395 e.